The molecule has 188 valence electrons. The highest BCUT2D eigenvalue weighted by Crippen LogP contribution is 2.51. The van der Waals surface area contributed by atoms with Gasteiger partial charge in [0.25, 0.3) is 0 Å². The van der Waals surface area contributed by atoms with Crippen LogP contribution in [0.4, 0.5) is 0 Å². The number of carboxylic acid groups (broad SMARTS) is 1. The standard InChI is InChI=1S/C23H35N5O5S/c1-12-18-17(13(2)25-16(29)11-27-7-5-6-8-27)22(31)28(18)19(23(32)33)20(12)34-14-9-15(24-10-14)21(30)26(3)4/h12-15,17-18,24H,5-11H2,1-4H3,(H,25,29)(H,32,33)/t12-,13-,14?,15?,17-,18-/m1/s1. The molecule has 6 atom stereocenters. The minimum Gasteiger partial charge on any atom is -0.477 e. The number of hydrogen-bond donors (Lipinski definition) is 3. The Labute approximate surface area is 204 Å². The van der Waals surface area contributed by atoms with Crippen LogP contribution in [0.5, 0.6) is 0 Å². The first-order valence-corrected chi connectivity index (χ1v) is 12.9. The van der Waals surface area contributed by atoms with Gasteiger partial charge in [-0.2, -0.15) is 0 Å². The molecule has 11 heteroatoms. The molecule has 0 radical (unpaired) electrons. The van der Waals surface area contributed by atoms with Crippen molar-refractivity contribution >= 4 is 35.5 Å². The number of thioether (sulfide) groups is 1. The highest BCUT2D eigenvalue weighted by atomic mass is 32.2. The van der Waals surface area contributed by atoms with Crippen molar-refractivity contribution in [2.45, 2.75) is 56.5 Å². The number of carbonyl (C=O) groups is 4. The summed E-state index contributed by atoms with van der Waals surface area (Å²) >= 11 is 1.47. The van der Waals surface area contributed by atoms with E-state index in [1.165, 1.54) is 16.7 Å². The molecule has 3 fully saturated rings. The molecule has 2 unspecified atom stereocenters. The third-order valence-corrected chi connectivity index (χ3v) is 8.92. The van der Waals surface area contributed by atoms with E-state index >= 15 is 0 Å². The Kier molecular flexibility index (Phi) is 7.25. The monoisotopic (exact) mass is 493 g/mol. The lowest BCUT2D eigenvalue weighted by atomic mass is 9.78. The zero-order chi connectivity index (χ0) is 24.7. The molecule has 34 heavy (non-hydrogen) atoms. The number of nitrogens with zero attached hydrogens (tertiary/aromatic N) is 3. The van der Waals surface area contributed by atoms with E-state index in [4.69, 9.17) is 0 Å². The van der Waals surface area contributed by atoms with Crippen LogP contribution in [0.25, 0.3) is 0 Å². The first-order valence-electron chi connectivity index (χ1n) is 12.0. The second-order valence-electron chi connectivity index (χ2n) is 10.0. The number of carboxylic acids is 1. The zero-order valence-electron chi connectivity index (χ0n) is 20.2. The quantitative estimate of drug-likeness (QED) is 0.401. The number of likely N-dealkylation sites (N-methyl/N-ethyl adjacent to an activating group) is 1. The van der Waals surface area contributed by atoms with Crippen molar-refractivity contribution < 1.29 is 24.3 Å². The van der Waals surface area contributed by atoms with Crippen LogP contribution in [0.2, 0.25) is 0 Å². The van der Waals surface area contributed by atoms with Crippen LogP contribution >= 0.6 is 11.8 Å². The van der Waals surface area contributed by atoms with E-state index in [-0.39, 0.29) is 52.7 Å². The molecule has 0 spiro atoms. The van der Waals surface area contributed by atoms with Gasteiger partial charge in [-0.25, -0.2) is 4.79 Å². The first-order chi connectivity index (χ1) is 16.1. The summed E-state index contributed by atoms with van der Waals surface area (Å²) in [5.41, 5.74) is 0.0572. The van der Waals surface area contributed by atoms with Gasteiger partial charge in [-0.15, -0.1) is 11.8 Å². The number of hydrogen-bond acceptors (Lipinski definition) is 7. The van der Waals surface area contributed by atoms with Crippen molar-refractivity contribution in [3.8, 4) is 0 Å². The molecule has 0 aromatic rings. The summed E-state index contributed by atoms with van der Waals surface area (Å²) in [6, 6.07) is -0.937. The number of carbonyl (C=O) groups excluding carboxylic acids is 3. The Morgan fingerprint density at radius 1 is 1.26 bits per heavy atom. The van der Waals surface area contributed by atoms with E-state index in [2.05, 4.69) is 15.5 Å². The average molecular weight is 494 g/mol. The Morgan fingerprint density at radius 2 is 1.94 bits per heavy atom. The van der Waals surface area contributed by atoms with Crippen molar-refractivity contribution in [2.24, 2.45) is 11.8 Å². The van der Waals surface area contributed by atoms with Crippen LogP contribution in [0.15, 0.2) is 10.6 Å². The highest BCUT2D eigenvalue weighted by Gasteiger charge is 2.60. The van der Waals surface area contributed by atoms with Gasteiger partial charge in [0.1, 0.15) is 5.70 Å². The summed E-state index contributed by atoms with van der Waals surface area (Å²) in [7, 11) is 3.44. The minimum atomic E-state index is -1.11. The molecule has 10 nitrogen and oxygen atoms in total. The smallest absolute Gasteiger partial charge is 0.353 e. The number of fused-ring (bicyclic) bond motifs is 1. The fourth-order valence-electron chi connectivity index (χ4n) is 5.70. The Hall–Kier alpha value is -2.11. The molecule has 4 aliphatic rings. The predicted molar refractivity (Wildman–Crippen MR) is 128 cm³/mol. The second-order valence-corrected chi connectivity index (χ2v) is 11.4. The summed E-state index contributed by atoms with van der Waals surface area (Å²) in [5.74, 6) is -2.05. The second kappa shape index (κ2) is 9.87. The molecule has 0 aliphatic carbocycles. The van der Waals surface area contributed by atoms with Crippen molar-refractivity contribution in [1.29, 1.82) is 0 Å². The molecule has 0 aromatic heterocycles. The minimum absolute atomic E-state index is 0.00701. The van der Waals surface area contributed by atoms with Gasteiger partial charge in [-0.05, 0) is 39.3 Å². The van der Waals surface area contributed by atoms with Crippen molar-refractivity contribution in [1.82, 2.24) is 25.3 Å². The van der Waals surface area contributed by atoms with Gasteiger partial charge in [0.15, 0.2) is 0 Å². The Morgan fingerprint density at radius 3 is 2.56 bits per heavy atom. The first kappa shape index (κ1) is 25.0. The lowest BCUT2D eigenvalue weighted by molar-refractivity contribution is -0.158. The van der Waals surface area contributed by atoms with Crippen LogP contribution < -0.4 is 10.6 Å². The van der Waals surface area contributed by atoms with E-state index in [0.29, 0.717) is 24.4 Å². The van der Waals surface area contributed by atoms with E-state index in [1.807, 2.05) is 13.8 Å². The largest absolute Gasteiger partial charge is 0.477 e. The molecule has 3 saturated heterocycles. The molecule has 0 bridgehead atoms. The van der Waals surface area contributed by atoms with Crippen molar-refractivity contribution in [3.63, 3.8) is 0 Å². The highest BCUT2D eigenvalue weighted by molar-refractivity contribution is 8.03. The van der Waals surface area contributed by atoms with Gasteiger partial charge in [0, 0.05) is 42.8 Å². The number of aliphatic carboxylic acids is 1. The molecule has 3 amide bonds. The summed E-state index contributed by atoms with van der Waals surface area (Å²) < 4.78 is 0. The summed E-state index contributed by atoms with van der Waals surface area (Å²) in [6.45, 7) is 6.55. The topological polar surface area (TPSA) is 122 Å². The van der Waals surface area contributed by atoms with Crippen LogP contribution in [0.3, 0.4) is 0 Å². The normalized spacial score (nSPS) is 31.9. The van der Waals surface area contributed by atoms with Gasteiger partial charge in [-0.3, -0.25) is 19.3 Å². The van der Waals surface area contributed by atoms with Crippen molar-refractivity contribution in [3.05, 3.63) is 10.6 Å². The lowest BCUT2D eigenvalue weighted by Crippen LogP contribution is -2.66. The van der Waals surface area contributed by atoms with Gasteiger partial charge in [0.05, 0.1) is 24.5 Å². The number of likely N-dealkylation sites (tertiary alicyclic amines) is 1. The molecule has 3 N–H and O–H groups in total. The van der Waals surface area contributed by atoms with Gasteiger partial charge in [0.2, 0.25) is 17.7 Å². The van der Waals surface area contributed by atoms with E-state index < -0.39 is 11.9 Å². The molecule has 0 saturated carbocycles. The van der Waals surface area contributed by atoms with Crippen LogP contribution in [0, 0.1) is 11.8 Å². The molecule has 0 aromatic carbocycles. The van der Waals surface area contributed by atoms with Crippen LogP contribution in [-0.2, 0) is 19.2 Å². The Balaban J connectivity index is 1.42. The number of rotatable bonds is 8. The van der Waals surface area contributed by atoms with Crippen LogP contribution in [-0.4, -0.2) is 107 Å². The number of nitrogens with one attached hydrogen (secondary N) is 2. The number of β-lactam (4-membered cyclic amide) rings is 1. The van der Waals surface area contributed by atoms with Gasteiger partial charge >= 0.3 is 5.97 Å². The third kappa shape index (κ3) is 4.57. The van der Waals surface area contributed by atoms with Crippen LogP contribution in [0.1, 0.15) is 33.1 Å². The van der Waals surface area contributed by atoms with E-state index in [0.717, 1.165) is 25.9 Å². The maximum absolute atomic E-state index is 13.1. The van der Waals surface area contributed by atoms with E-state index in [9.17, 15) is 24.3 Å². The van der Waals surface area contributed by atoms with E-state index in [1.54, 1.807) is 19.0 Å². The molecule has 4 heterocycles. The summed E-state index contributed by atoms with van der Waals surface area (Å²) in [4.78, 5) is 55.8. The molecule has 4 rings (SSSR count). The van der Waals surface area contributed by atoms with Crippen molar-refractivity contribution in [2.75, 3.05) is 40.3 Å². The summed E-state index contributed by atoms with van der Waals surface area (Å²) in [5, 5.41) is 16.2. The SMILES string of the molecule is C[C@@H](NC(=O)CN1CCCC1)[C@H]1C(=O)N2C(C(=O)O)=C(SC3CNC(C(=O)N(C)C)C3)[C@H](C)[C@H]12. The predicted octanol–water partition coefficient (Wildman–Crippen LogP) is -0.0883. The van der Waals surface area contributed by atoms with Gasteiger partial charge in [-0.1, -0.05) is 6.92 Å². The fraction of sp³-hybridized carbons (Fsp3) is 0.739. The lowest BCUT2D eigenvalue weighted by Gasteiger charge is -2.47. The average Bonchev–Trinajstić information content (AvgIpc) is 3.48. The maximum atomic E-state index is 13.1. The summed E-state index contributed by atoms with van der Waals surface area (Å²) in [6.07, 6.45) is 2.81. The molecule has 4 aliphatic heterocycles. The molecular formula is C23H35N5O5S. The third-order valence-electron chi connectivity index (χ3n) is 7.41. The zero-order valence-corrected chi connectivity index (χ0v) is 21.1. The van der Waals surface area contributed by atoms with Gasteiger partial charge < -0.3 is 25.5 Å². The Bertz CT molecular complexity index is 902. The maximum Gasteiger partial charge on any atom is 0.353 e. The number of amides is 3. The molecular weight excluding hydrogens is 458 g/mol. The fourth-order valence-corrected chi connectivity index (χ4v) is 7.18.